The van der Waals surface area contributed by atoms with E-state index in [1.807, 2.05) is 26.0 Å². The second kappa shape index (κ2) is 9.01. The van der Waals surface area contributed by atoms with Gasteiger partial charge >= 0.3 is 0 Å². The summed E-state index contributed by atoms with van der Waals surface area (Å²) in [6.45, 7) is 7.48. The average Bonchev–Trinajstić information content (AvgIpc) is 2.74. The molecule has 0 radical (unpaired) electrons. The van der Waals surface area contributed by atoms with Gasteiger partial charge in [-0.05, 0) is 37.1 Å². The lowest BCUT2D eigenvalue weighted by atomic mass is 10.2. The third-order valence-corrected chi connectivity index (χ3v) is 4.42. The summed E-state index contributed by atoms with van der Waals surface area (Å²) in [7, 11) is 0. The van der Waals surface area contributed by atoms with Crippen LogP contribution in [0.5, 0.6) is 0 Å². The number of rotatable bonds is 6. The van der Waals surface area contributed by atoms with Crippen LogP contribution in [0.1, 0.15) is 24.5 Å². The highest BCUT2D eigenvalue weighted by Crippen LogP contribution is 2.13. The number of hydrogen-bond donors (Lipinski definition) is 0. The van der Waals surface area contributed by atoms with Crippen molar-refractivity contribution < 1.29 is 9.53 Å². The van der Waals surface area contributed by atoms with Crippen LogP contribution >= 0.6 is 0 Å². The number of aromatic nitrogens is 3. The van der Waals surface area contributed by atoms with Crippen LogP contribution in [0.25, 0.3) is 16.7 Å². The maximum Gasteiger partial charge on any atom is 0.285 e. The third kappa shape index (κ3) is 3.91. The van der Waals surface area contributed by atoms with Crippen molar-refractivity contribution in [3.63, 3.8) is 0 Å². The molecule has 0 bridgehead atoms. The fraction of sp³-hybridized carbons (Fsp3) is 0.227. The number of amides is 1. The highest BCUT2D eigenvalue weighted by atomic mass is 16.5. The normalized spacial score (nSPS) is 11.8. The molecule has 0 fully saturated rings. The van der Waals surface area contributed by atoms with Crippen molar-refractivity contribution in [2.75, 3.05) is 6.61 Å². The maximum absolute atomic E-state index is 13.1. The Bertz CT molecular complexity index is 1340. The number of fused-ring (bicyclic) bond motifs is 2. The van der Waals surface area contributed by atoms with Gasteiger partial charge in [0.05, 0.1) is 17.2 Å². The van der Waals surface area contributed by atoms with Crippen LogP contribution in [-0.2, 0) is 16.1 Å². The SMILES string of the molecule is C=C/C=C/OCC(=O)N=c1c(C#N)cc2c(=O)n3cccc(C)c3nc2n1CCC. The summed E-state index contributed by atoms with van der Waals surface area (Å²) < 4.78 is 8.21. The molecule has 30 heavy (non-hydrogen) atoms. The second-order valence-electron chi connectivity index (χ2n) is 6.56. The molecule has 0 spiro atoms. The van der Waals surface area contributed by atoms with Gasteiger partial charge in [0.2, 0.25) is 0 Å². The number of carbonyl (C=O) groups excluding carboxylic acids is 1. The van der Waals surface area contributed by atoms with Gasteiger partial charge in [0.15, 0.2) is 12.1 Å². The number of nitrogens with zero attached hydrogens (tertiary/aromatic N) is 5. The predicted molar refractivity (Wildman–Crippen MR) is 113 cm³/mol. The van der Waals surface area contributed by atoms with Crippen LogP contribution in [0.3, 0.4) is 0 Å². The van der Waals surface area contributed by atoms with Gasteiger partial charge in [-0.3, -0.25) is 14.0 Å². The molecular weight excluding hydrogens is 382 g/mol. The zero-order chi connectivity index (χ0) is 21.7. The molecule has 3 aromatic heterocycles. The summed E-state index contributed by atoms with van der Waals surface area (Å²) >= 11 is 0. The molecule has 3 aromatic rings. The summed E-state index contributed by atoms with van der Waals surface area (Å²) in [5, 5.41) is 9.95. The molecule has 8 nitrogen and oxygen atoms in total. The number of aryl methyl sites for hydroxylation is 2. The first kappa shape index (κ1) is 20.7. The van der Waals surface area contributed by atoms with Gasteiger partial charge in [-0.1, -0.05) is 25.6 Å². The number of pyridine rings is 2. The lowest BCUT2D eigenvalue weighted by Gasteiger charge is -2.13. The molecule has 152 valence electrons. The molecule has 3 rings (SSSR count). The molecular formula is C22H21N5O3. The minimum Gasteiger partial charge on any atom is -0.491 e. The van der Waals surface area contributed by atoms with Crippen LogP contribution in [0, 0.1) is 18.3 Å². The molecule has 1 amide bonds. The number of nitriles is 1. The number of hydrogen-bond acceptors (Lipinski definition) is 5. The monoisotopic (exact) mass is 403 g/mol. The molecule has 8 heteroatoms. The Hall–Kier alpha value is -3.99. The fourth-order valence-electron chi connectivity index (χ4n) is 3.11. The van der Waals surface area contributed by atoms with E-state index in [9.17, 15) is 14.9 Å². The second-order valence-corrected chi connectivity index (χ2v) is 6.56. The van der Waals surface area contributed by atoms with Crippen molar-refractivity contribution in [2.45, 2.75) is 26.8 Å². The highest BCUT2D eigenvalue weighted by Gasteiger charge is 2.15. The van der Waals surface area contributed by atoms with E-state index in [2.05, 4.69) is 16.6 Å². The first-order chi connectivity index (χ1) is 14.5. The summed E-state index contributed by atoms with van der Waals surface area (Å²) in [4.78, 5) is 34.2. The van der Waals surface area contributed by atoms with E-state index in [-0.39, 0.29) is 23.2 Å². The van der Waals surface area contributed by atoms with Crippen LogP contribution in [0.15, 0.2) is 59.2 Å². The van der Waals surface area contributed by atoms with Crippen LogP contribution < -0.4 is 11.0 Å². The molecule has 0 aromatic carbocycles. The summed E-state index contributed by atoms with van der Waals surface area (Å²) in [5.74, 6) is -0.557. The third-order valence-electron chi connectivity index (χ3n) is 4.42. The number of carbonyl (C=O) groups is 1. The first-order valence-corrected chi connectivity index (χ1v) is 9.44. The summed E-state index contributed by atoms with van der Waals surface area (Å²) in [6.07, 6.45) is 6.74. The van der Waals surface area contributed by atoms with Gasteiger partial charge in [-0.15, -0.1) is 0 Å². The van der Waals surface area contributed by atoms with Gasteiger partial charge in [-0.2, -0.15) is 10.3 Å². The zero-order valence-corrected chi connectivity index (χ0v) is 16.8. The lowest BCUT2D eigenvalue weighted by Crippen LogP contribution is -2.30. The standard InChI is InChI=1S/C22H21N5O3/c1-4-6-11-30-14-18(28)24-20-16(13-23)12-17-21(26(20)9-5-2)25-19-15(3)8-7-10-27(19)22(17)29/h4,6-8,10-12H,1,5,9,14H2,2-3H3/b11-6+,24-20?. The Morgan fingerprint density at radius 2 is 2.23 bits per heavy atom. The Morgan fingerprint density at radius 3 is 2.93 bits per heavy atom. The Labute approximate surface area is 172 Å². The molecule has 0 aliphatic carbocycles. The van der Waals surface area contributed by atoms with Crippen molar-refractivity contribution in [2.24, 2.45) is 4.99 Å². The van der Waals surface area contributed by atoms with Gasteiger partial charge < -0.3 is 9.30 Å². The molecule has 0 N–H and O–H groups in total. The minimum absolute atomic E-state index is 0.123. The first-order valence-electron chi connectivity index (χ1n) is 9.44. The number of allylic oxidation sites excluding steroid dienone is 2. The van der Waals surface area contributed by atoms with E-state index in [1.165, 1.54) is 22.8 Å². The van der Waals surface area contributed by atoms with Gasteiger partial charge in [0.1, 0.15) is 17.4 Å². The summed E-state index contributed by atoms with van der Waals surface area (Å²) in [5.41, 5.74) is 1.74. The van der Waals surface area contributed by atoms with Crippen molar-refractivity contribution in [1.29, 1.82) is 5.26 Å². The smallest absolute Gasteiger partial charge is 0.285 e. The van der Waals surface area contributed by atoms with E-state index in [0.717, 1.165) is 5.56 Å². The van der Waals surface area contributed by atoms with E-state index in [4.69, 9.17) is 4.74 Å². The van der Waals surface area contributed by atoms with Crippen molar-refractivity contribution >= 4 is 22.6 Å². The Kier molecular flexibility index (Phi) is 6.23. The fourth-order valence-corrected chi connectivity index (χ4v) is 3.11. The predicted octanol–water partition coefficient (Wildman–Crippen LogP) is 2.38. The lowest BCUT2D eigenvalue weighted by molar-refractivity contribution is -0.120. The van der Waals surface area contributed by atoms with Crippen LogP contribution in [-0.4, -0.2) is 26.5 Å². The average molecular weight is 403 g/mol. The topological polar surface area (TPSA) is 102 Å². The largest absolute Gasteiger partial charge is 0.491 e. The molecule has 0 aliphatic heterocycles. The van der Waals surface area contributed by atoms with E-state index >= 15 is 0 Å². The van der Waals surface area contributed by atoms with Gasteiger partial charge in [0, 0.05) is 12.7 Å². The van der Waals surface area contributed by atoms with Crippen LogP contribution in [0.4, 0.5) is 0 Å². The van der Waals surface area contributed by atoms with Gasteiger partial charge in [-0.25, -0.2) is 4.98 Å². The van der Waals surface area contributed by atoms with E-state index < -0.39 is 5.91 Å². The van der Waals surface area contributed by atoms with Crippen LogP contribution in [0.2, 0.25) is 0 Å². The molecule has 3 heterocycles. The molecule has 0 saturated carbocycles. The summed E-state index contributed by atoms with van der Waals surface area (Å²) in [6, 6.07) is 7.12. The highest BCUT2D eigenvalue weighted by molar-refractivity contribution is 5.80. The van der Waals surface area contributed by atoms with E-state index in [0.29, 0.717) is 29.6 Å². The quantitative estimate of drug-likeness (QED) is 0.357. The van der Waals surface area contributed by atoms with E-state index in [1.54, 1.807) is 22.9 Å². The van der Waals surface area contributed by atoms with Gasteiger partial charge in [0.25, 0.3) is 11.5 Å². The van der Waals surface area contributed by atoms with Crippen molar-refractivity contribution in [3.05, 3.63) is 76.4 Å². The zero-order valence-electron chi connectivity index (χ0n) is 16.8. The molecule has 0 atom stereocenters. The molecule has 0 aliphatic rings. The number of ether oxygens (including phenoxy) is 1. The maximum atomic E-state index is 13.1. The van der Waals surface area contributed by atoms with Crippen molar-refractivity contribution in [3.8, 4) is 6.07 Å². The van der Waals surface area contributed by atoms with Crippen molar-refractivity contribution in [1.82, 2.24) is 14.0 Å². The minimum atomic E-state index is -0.557. The Balaban J connectivity index is 2.33. The molecule has 0 saturated heterocycles. The molecule has 0 unspecified atom stereocenters. The Morgan fingerprint density at radius 1 is 1.43 bits per heavy atom.